The molecule has 0 unspecified atom stereocenters. The van der Waals surface area contributed by atoms with Crippen LogP contribution in [0, 0.1) is 0 Å². The van der Waals surface area contributed by atoms with Crippen LogP contribution in [0.5, 0.6) is 0 Å². The predicted octanol–water partition coefficient (Wildman–Crippen LogP) is 1.32. The molecular formula is C13H21NO5. The Labute approximate surface area is 113 Å². The molecule has 0 radical (unpaired) electrons. The van der Waals surface area contributed by atoms with Gasteiger partial charge in [0.25, 0.3) is 0 Å². The van der Waals surface area contributed by atoms with Gasteiger partial charge in [-0.05, 0) is 34.6 Å². The third-order valence-corrected chi connectivity index (χ3v) is 3.06. The molecule has 0 bridgehead atoms. The lowest BCUT2D eigenvalue weighted by molar-refractivity contribution is -0.161. The lowest BCUT2D eigenvalue weighted by atomic mass is 10.1. The zero-order valence-electron chi connectivity index (χ0n) is 12.0. The maximum absolute atomic E-state index is 12.1. The summed E-state index contributed by atoms with van der Waals surface area (Å²) < 4.78 is 16.7. The van der Waals surface area contributed by atoms with Crippen molar-refractivity contribution in [2.24, 2.45) is 0 Å². The number of aldehydes is 1. The Bertz CT molecular complexity index is 387. The molecule has 6 nitrogen and oxygen atoms in total. The lowest BCUT2D eigenvalue weighted by Gasteiger charge is -2.29. The molecule has 108 valence electrons. The number of carbonyl (C=O) groups is 2. The number of hydrogen-bond acceptors (Lipinski definition) is 5. The summed E-state index contributed by atoms with van der Waals surface area (Å²) in [6, 6.07) is -0.651. The lowest BCUT2D eigenvalue weighted by Crippen LogP contribution is -2.45. The van der Waals surface area contributed by atoms with Crippen molar-refractivity contribution in [1.82, 2.24) is 4.90 Å². The number of hydrogen-bond donors (Lipinski definition) is 0. The smallest absolute Gasteiger partial charge is 0.411 e. The summed E-state index contributed by atoms with van der Waals surface area (Å²) >= 11 is 0. The van der Waals surface area contributed by atoms with Gasteiger partial charge in [0.05, 0.1) is 6.54 Å². The fourth-order valence-electron chi connectivity index (χ4n) is 2.45. The molecule has 2 aliphatic rings. The summed E-state index contributed by atoms with van der Waals surface area (Å²) in [4.78, 5) is 24.7. The number of ether oxygens (including phenoxy) is 3. The van der Waals surface area contributed by atoms with E-state index in [0.717, 1.165) is 6.29 Å². The molecule has 0 saturated carbocycles. The number of nitrogens with zero attached hydrogens (tertiary/aromatic N) is 1. The van der Waals surface area contributed by atoms with Gasteiger partial charge >= 0.3 is 6.09 Å². The van der Waals surface area contributed by atoms with Crippen LogP contribution in [0.1, 0.15) is 34.6 Å². The number of rotatable bonds is 1. The van der Waals surface area contributed by atoms with Crippen molar-refractivity contribution in [3.8, 4) is 0 Å². The van der Waals surface area contributed by atoms with Gasteiger partial charge in [-0.25, -0.2) is 4.79 Å². The zero-order valence-corrected chi connectivity index (χ0v) is 12.0. The van der Waals surface area contributed by atoms with E-state index >= 15 is 0 Å². The second-order valence-electron chi connectivity index (χ2n) is 6.40. The second kappa shape index (κ2) is 4.45. The third kappa shape index (κ3) is 2.90. The molecule has 0 aliphatic carbocycles. The SMILES string of the molecule is CC(C)(C)OC(=O)N1C[C@@H]2OC(C)(C)O[C@@H]2[C@H]1C=O. The maximum Gasteiger partial charge on any atom is 0.411 e. The highest BCUT2D eigenvalue weighted by Crippen LogP contribution is 2.36. The van der Waals surface area contributed by atoms with Gasteiger partial charge in [0.2, 0.25) is 0 Å². The summed E-state index contributed by atoms with van der Waals surface area (Å²) in [6.45, 7) is 9.26. The van der Waals surface area contributed by atoms with Gasteiger partial charge < -0.3 is 19.0 Å². The van der Waals surface area contributed by atoms with Crippen molar-refractivity contribution in [3.05, 3.63) is 0 Å². The minimum atomic E-state index is -0.712. The first-order chi connectivity index (χ1) is 8.63. The van der Waals surface area contributed by atoms with Crippen LogP contribution in [0.2, 0.25) is 0 Å². The molecule has 19 heavy (non-hydrogen) atoms. The Hall–Kier alpha value is -1.14. The van der Waals surface area contributed by atoms with Crippen LogP contribution in [-0.2, 0) is 19.0 Å². The molecule has 2 aliphatic heterocycles. The minimum Gasteiger partial charge on any atom is -0.444 e. The van der Waals surface area contributed by atoms with Gasteiger partial charge in [-0.1, -0.05) is 0 Å². The van der Waals surface area contributed by atoms with Crippen LogP contribution in [0.3, 0.4) is 0 Å². The first-order valence-corrected chi connectivity index (χ1v) is 6.43. The highest BCUT2D eigenvalue weighted by molar-refractivity contribution is 5.75. The van der Waals surface area contributed by atoms with E-state index in [9.17, 15) is 9.59 Å². The van der Waals surface area contributed by atoms with E-state index in [2.05, 4.69) is 0 Å². The second-order valence-corrected chi connectivity index (χ2v) is 6.40. The third-order valence-electron chi connectivity index (χ3n) is 3.06. The van der Waals surface area contributed by atoms with E-state index in [1.54, 1.807) is 34.6 Å². The van der Waals surface area contributed by atoms with Crippen molar-refractivity contribution in [1.29, 1.82) is 0 Å². The van der Waals surface area contributed by atoms with Crippen LogP contribution in [0.4, 0.5) is 4.79 Å². The van der Waals surface area contributed by atoms with Crippen LogP contribution >= 0.6 is 0 Å². The number of carbonyl (C=O) groups excluding carboxylic acids is 2. The average molecular weight is 271 g/mol. The molecule has 0 aromatic rings. The first kappa shape index (κ1) is 14.3. The van der Waals surface area contributed by atoms with E-state index in [0.29, 0.717) is 6.54 Å². The van der Waals surface area contributed by atoms with Gasteiger partial charge in [0.15, 0.2) is 5.79 Å². The molecule has 2 rings (SSSR count). The molecule has 0 spiro atoms. The standard InChI is InChI=1S/C13H21NO5/c1-12(2,3)19-11(16)14-6-9-10(8(14)7-15)18-13(4,5)17-9/h7-10H,6H2,1-5H3/t8-,9+,10-/m1/s1. The largest absolute Gasteiger partial charge is 0.444 e. The fourth-order valence-corrected chi connectivity index (χ4v) is 2.45. The Morgan fingerprint density at radius 3 is 2.53 bits per heavy atom. The van der Waals surface area contributed by atoms with E-state index in [-0.39, 0.29) is 6.10 Å². The van der Waals surface area contributed by atoms with Gasteiger partial charge in [0.1, 0.15) is 30.1 Å². The zero-order chi connectivity index (χ0) is 14.4. The van der Waals surface area contributed by atoms with Crippen LogP contribution in [0.25, 0.3) is 0 Å². The van der Waals surface area contributed by atoms with Gasteiger partial charge in [-0.2, -0.15) is 0 Å². The van der Waals surface area contributed by atoms with Crippen molar-refractivity contribution in [2.45, 2.75) is 64.3 Å². The molecule has 2 saturated heterocycles. The normalized spacial score (nSPS) is 33.1. The van der Waals surface area contributed by atoms with E-state index in [1.165, 1.54) is 4.90 Å². The minimum absolute atomic E-state index is 0.280. The first-order valence-electron chi connectivity index (χ1n) is 6.43. The Balaban J connectivity index is 2.10. The van der Waals surface area contributed by atoms with Crippen molar-refractivity contribution >= 4 is 12.4 Å². The monoisotopic (exact) mass is 271 g/mol. The average Bonchev–Trinajstić information content (AvgIpc) is 2.66. The Morgan fingerprint density at radius 1 is 1.37 bits per heavy atom. The predicted molar refractivity (Wildman–Crippen MR) is 66.6 cm³/mol. The summed E-state index contributed by atoms with van der Waals surface area (Å²) in [7, 11) is 0. The van der Waals surface area contributed by atoms with Crippen LogP contribution < -0.4 is 0 Å². The summed E-state index contributed by atoms with van der Waals surface area (Å²) in [5, 5.41) is 0. The molecular weight excluding hydrogens is 250 g/mol. The molecule has 0 N–H and O–H groups in total. The van der Waals surface area contributed by atoms with Gasteiger partial charge in [-0.15, -0.1) is 0 Å². The molecule has 2 heterocycles. The number of amides is 1. The Morgan fingerprint density at radius 2 is 2.00 bits per heavy atom. The van der Waals surface area contributed by atoms with E-state index in [4.69, 9.17) is 14.2 Å². The topological polar surface area (TPSA) is 65.1 Å². The molecule has 1 amide bonds. The van der Waals surface area contributed by atoms with E-state index in [1.807, 2.05) is 0 Å². The van der Waals surface area contributed by atoms with Crippen molar-refractivity contribution in [3.63, 3.8) is 0 Å². The van der Waals surface area contributed by atoms with Gasteiger partial charge in [-0.3, -0.25) is 4.90 Å². The number of fused-ring (bicyclic) bond motifs is 1. The van der Waals surface area contributed by atoms with E-state index < -0.39 is 29.6 Å². The molecule has 0 aromatic carbocycles. The fraction of sp³-hybridized carbons (Fsp3) is 0.846. The highest BCUT2D eigenvalue weighted by Gasteiger charge is 2.54. The number of likely N-dealkylation sites (tertiary alicyclic amines) is 1. The highest BCUT2D eigenvalue weighted by atomic mass is 16.8. The summed E-state index contributed by atoms with van der Waals surface area (Å²) in [5.74, 6) is -0.712. The van der Waals surface area contributed by atoms with Crippen LogP contribution in [-0.4, -0.2) is 53.5 Å². The quantitative estimate of drug-likeness (QED) is 0.673. The molecule has 0 aromatic heterocycles. The van der Waals surface area contributed by atoms with Crippen LogP contribution in [0.15, 0.2) is 0 Å². The van der Waals surface area contributed by atoms with Gasteiger partial charge in [0, 0.05) is 0 Å². The van der Waals surface area contributed by atoms with Crippen molar-refractivity contribution in [2.75, 3.05) is 6.54 Å². The Kier molecular flexibility index (Phi) is 3.35. The molecule has 3 atom stereocenters. The summed E-state index contributed by atoms with van der Waals surface area (Å²) in [5.41, 5.74) is -0.594. The van der Waals surface area contributed by atoms with Crippen molar-refractivity contribution < 1.29 is 23.8 Å². The maximum atomic E-state index is 12.1. The molecule has 6 heteroatoms. The molecule has 2 fully saturated rings. The summed E-state index contributed by atoms with van der Waals surface area (Å²) in [6.07, 6.45) is -0.485.